The lowest BCUT2D eigenvalue weighted by molar-refractivity contribution is 0.211. The largest absolute Gasteiger partial charge is 0.468 e. The van der Waals surface area contributed by atoms with Crippen LogP contribution in [0.4, 0.5) is 0 Å². The van der Waals surface area contributed by atoms with E-state index in [1.54, 1.807) is 6.26 Å². The Balaban J connectivity index is 2.41. The van der Waals surface area contributed by atoms with Crippen molar-refractivity contribution in [2.24, 2.45) is 5.41 Å². The van der Waals surface area contributed by atoms with E-state index in [1.807, 2.05) is 13.0 Å². The number of aryl methyl sites for hydroxylation is 1. The van der Waals surface area contributed by atoms with E-state index in [4.69, 9.17) is 4.42 Å². The lowest BCUT2D eigenvalue weighted by atomic mass is 9.92. The van der Waals surface area contributed by atoms with E-state index in [0.717, 1.165) is 17.7 Å². The number of hydrogen-bond donors (Lipinski definition) is 1. The van der Waals surface area contributed by atoms with Crippen LogP contribution in [0.5, 0.6) is 0 Å². The second-order valence-electron chi connectivity index (χ2n) is 4.73. The van der Waals surface area contributed by atoms with E-state index in [1.165, 1.54) is 0 Å². The molecule has 1 aliphatic carbocycles. The Morgan fingerprint density at radius 1 is 1.54 bits per heavy atom. The molecule has 1 aromatic rings. The van der Waals surface area contributed by atoms with E-state index in [-0.39, 0.29) is 17.4 Å². The summed E-state index contributed by atoms with van der Waals surface area (Å²) < 4.78 is 5.46. The van der Waals surface area contributed by atoms with Crippen molar-refractivity contribution in [2.75, 3.05) is 6.61 Å². The Bertz CT molecular complexity index is 325. The highest BCUT2D eigenvalue weighted by molar-refractivity contribution is 5.35. The minimum Gasteiger partial charge on any atom is -0.468 e. The molecule has 0 amide bonds. The van der Waals surface area contributed by atoms with Crippen molar-refractivity contribution in [3.05, 3.63) is 23.7 Å². The maximum absolute atomic E-state index is 9.43. The zero-order valence-electron chi connectivity index (χ0n) is 8.42. The molecule has 1 unspecified atom stereocenters. The molecule has 2 heteroatoms. The maximum Gasteiger partial charge on any atom is 0.115 e. The molecule has 0 bridgehead atoms. The van der Waals surface area contributed by atoms with Crippen LogP contribution < -0.4 is 0 Å². The van der Waals surface area contributed by atoms with Crippen molar-refractivity contribution in [1.29, 1.82) is 0 Å². The summed E-state index contributed by atoms with van der Waals surface area (Å²) in [6.45, 7) is 6.56. The van der Waals surface area contributed by atoms with Gasteiger partial charge in [-0.15, -0.1) is 0 Å². The molecule has 1 N–H and O–H groups in total. The fraction of sp³-hybridized carbons (Fsp3) is 0.636. The average Bonchev–Trinajstić information content (AvgIpc) is 2.43. The highest BCUT2D eigenvalue weighted by Gasteiger charge is 2.64. The predicted octanol–water partition coefficient (Wildman–Crippen LogP) is 2.25. The first kappa shape index (κ1) is 8.82. The quantitative estimate of drug-likeness (QED) is 0.757. The number of aliphatic hydroxyl groups is 1. The number of hydrogen-bond acceptors (Lipinski definition) is 2. The normalized spacial score (nSPS) is 30.5. The van der Waals surface area contributed by atoms with E-state index in [0.29, 0.717) is 0 Å². The molecule has 1 heterocycles. The molecule has 1 saturated carbocycles. The summed E-state index contributed by atoms with van der Waals surface area (Å²) in [6, 6.07) is 1.96. The van der Waals surface area contributed by atoms with Crippen LogP contribution in [0.1, 0.15) is 31.6 Å². The van der Waals surface area contributed by atoms with Gasteiger partial charge in [0.25, 0.3) is 0 Å². The zero-order chi connectivity index (χ0) is 9.69. The van der Waals surface area contributed by atoms with Crippen LogP contribution in [-0.2, 0) is 5.41 Å². The van der Waals surface area contributed by atoms with Crippen LogP contribution in [0.15, 0.2) is 16.7 Å². The summed E-state index contributed by atoms with van der Waals surface area (Å²) in [6.07, 6.45) is 2.72. The van der Waals surface area contributed by atoms with Gasteiger partial charge in [0.2, 0.25) is 0 Å². The van der Waals surface area contributed by atoms with E-state index in [9.17, 15) is 5.11 Å². The van der Waals surface area contributed by atoms with Crippen molar-refractivity contribution in [1.82, 2.24) is 0 Å². The smallest absolute Gasteiger partial charge is 0.115 e. The Morgan fingerprint density at radius 2 is 2.15 bits per heavy atom. The van der Waals surface area contributed by atoms with Gasteiger partial charge in [-0.3, -0.25) is 0 Å². The van der Waals surface area contributed by atoms with Crippen LogP contribution in [-0.4, -0.2) is 11.7 Å². The van der Waals surface area contributed by atoms with Gasteiger partial charge in [0, 0.05) is 0 Å². The monoisotopic (exact) mass is 180 g/mol. The fourth-order valence-electron chi connectivity index (χ4n) is 2.30. The molecule has 0 radical (unpaired) electrons. The summed E-state index contributed by atoms with van der Waals surface area (Å²) in [5.41, 5.74) is 1.23. The van der Waals surface area contributed by atoms with E-state index >= 15 is 0 Å². The molecule has 0 spiro atoms. The first-order chi connectivity index (χ1) is 6.03. The highest BCUT2D eigenvalue weighted by atomic mass is 16.3. The SMILES string of the molecule is Cc1ccoc1C1(CO)CC1(C)C. The minimum absolute atomic E-state index is 0.111. The maximum atomic E-state index is 9.43. The van der Waals surface area contributed by atoms with Crippen molar-refractivity contribution < 1.29 is 9.52 Å². The summed E-state index contributed by atoms with van der Waals surface area (Å²) in [5.74, 6) is 0.972. The second kappa shape index (κ2) is 2.38. The minimum atomic E-state index is -0.111. The van der Waals surface area contributed by atoms with Crippen LogP contribution >= 0.6 is 0 Å². The Kier molecular flexibility index (Phi) is 1.62. The third kappa shape index (κ3) is 0.983. The van der Waals surface area contributed by atoms with E-state index in [2.05, 4.69) is 13.8 Å². The third-order valence-electron chi connectivity index (χ3n) is 3.48. The second-order valence-corrected chi connectivity index (χ2v) is 4.73. The molecule has 2 nitrogen and oxygen atoms in total. The molecular weight excluding hydrogens is 164 g/mol. The van der Waals surface area contributed by atoms with Gasteiger partial charge in [-0.05, 0) is 30.4 Å². The van der Waals surface area contributed by atoms with Gasteiger partial charge in [-0.1, -0.05) is 13.8 Å². The Labute approximate surface area is 78.6 Å². The Hall–Kier alpha value is -0.760. The first-order valence-electron chi connectivity index (χ1n) is 4.69. The molecule has 2 rings (SSSR count). The highest BCUT2D eigenvalue weighted by Crippen LogP contribution is 2.64. The average molecular weight is 180 g/mol. The van der Waals surface area contributed by atoms with Crippen molar-refractivity contribution in [3.63, 3.8) is 0 Å². The molecule has 1 aliphatic rings. The Morgan fingerprint density at radius 3 is 2.46 bits per heavy atom. The van der Waals surface area contributed by atoms with Gasteiger partial charge in [0.15, 0.2) is 0 Å². The van der Waals surface area contributed by atoms with Crippen LogP contribution in [0.2, 0.25) is 0 Å². The van der Waals surface area contributed by atoms with Crippen LogP contribution in [0, 0.1) is 12.3 Å². The number of rotatable bonds is 2. The number of aliphatic hydroxyl groups excluding tert-OH is 1. The van der Waals surface area contributed by atoms with Gasteiger partial charge >= 0.3 is 0 Å². The van der Waals surface area contributed by atoms with Crippen molar-refractivity contribution in [3.8, 4) is 0 Å². The summed E-state index contributed by atoms with van der Waals surface area (Å²) in [4.78, 5) is 0. The van der Waals surface area contributed by atoms with Gasteiger partial charge in [-0.2, -0.15) is 0 Å². The zero-order valence-corrected chi connectivity index (χ0v) is 8.42. The predicted molar refractivity (Wildman–Crippen MR) is 50.6 cm³/mol. The van der Waals surface area contributed by atoms with Crippen molar-refractivity contribution in [2.45, 2.75) is 32.6 Å². The van der Waals surface area contributed by atoms with Gasteiger partial charge < -0.3 is 9.52 Å². The molecule has 1 atom stereocenters. The van der Waals surface area contributed by atoms with Gasteiger partial charge in [0.05, 0.1) is 18.3 Å². The van der Waals surface area contributed by atoms with Crippen molar-refractivity contribution >= 4 is 0 Å². The molecule has 0 saturated heterocycles. The molecule has 72 valence electrons. The summed E-state index contributed by atoms with van der Waals surface area (Å²) >= 11 is 0. The molecule has 1 fully saturated rings. The lowest BCUT2D eigenvalue weighted by Crippen LogP contribution is -2.19. The van der Waals surface area contributed by atoms with Gasteiger partial charge in [-0.25, -0.2) is 0 Å². The number of furan rings is 1. The molecule has 0 aliphatic heterocycles. The third-order valence-corrected chi connectivity index (χ3v) is 3.48. The van der Waals surface area contributed by atoms with Crippen LogP contribution in [0.25, 0.3) is 0 Å². The summed E-state index contributed by atoms with van der Waals surface area (Å²) in [7, 11) is 0. The summed E-state index contributed by atoms with van der Waals surface area (Å²) in [5, 5.41) is 9.43. The van der Waals surface area contributed by atoms with E-state index < -0.39 is 0 Å². The molecular formula is C11H16O2. The lowest BCUT2D eigenvalue weighted by Gasteiger charge is -2.15. The first-order valence-corrected chi connectivity index (χ1v) is 4.69. The molecule has 0 aromatic carbocycles. The fourth-order valence-corrected chi connectivity index (χ4v) is 2.30. The molecule has 1 aromatic heterocycles. The van der Waals surface area contributed by atoms with Gasteiger partial charge in [0.1, 0.15) is 5.76 Å². The van der Waals surface area contributed by atoms with Crippen LogP contribution in [0.3, 0.4) is 0 Å². The topological polar surface area (TPSA) is 33.4 Å². The molecule has 13 heavy (non-hydrogen) atoms. The standard InChI is InChI=1S/C11H16O2/c1-8-4-5-13-9(8)11(7-12)6-10(11,2)3/h4-5,12H,6-7H2,1-3H3.